The van der Waals surface area contributed by atoms with E-state index in [4.69, 9.17) is 9.47 Å². The topological polar surface area (TPSA) is 50.8 Å². The molecule has 0 radical (unpaired) electrons. The summed E-state index contributed by atoms with van der Waals surface area (Å²) in [5.41, 5.74) is 1.37. The van der Waals surface area contributed by atoms with Gasteiger partial charge in [0, 0.05) is 19.7 Å². The molecule has 1 atom stereocenters. The van der Waals surface area contributed by atoms with Crippen molar-refractivity contribution in [3.05, 3.63) is 35.9 Å². The van der Waals surface area contributed by atoms with Crippen molar-refractivity contribution >= 4 is 5.91 Å². The molecule has 2 aliphatic rings. The van der Waals surface area contributed by atoms with Crippen molar-refractivity contribution < 1.29 is 14.3 Å². The Balaban J connectivity index is 1.25. The van der Waals surface area contributed by atoms with Crippen LogP contribution in [0.2, 0.25) is 0 Å². The van der Waals surface area contributed by atoms with Crippen LogP contribution in [0.5, 0.6) is 0 Å². The molecule has 138 valence electrons. The van der Waals surface area contributed by atoms with Crippen molar-refractivity contribution in [2.75, 3.05) is 39.5 Å². The zero-order valence-electron chi connectivity index (χ0n) is 15.0. The van der Waals surface area contributed by atoms with E-state index < -0.39 is 0 Å². The average Bonchev–Trinajstić information content (AvgIpc) is 3.15. The van der Waals surface area contributed by atoms with Crippen molar-refractivity contribution in [1.29, 1.82) is 0 Å². The highest BCUT2D eigenvalue weighted by molar-refractivity contribution is 5.77. The first-order chi connectivity index (χ1) is 12.3. The minimum absolute atomic E-state index is 0.00953. The number of piperidine rings is 1. The van der Waals surface area contributed by atoms with Crippen molar-refractivity contribution in [3.63, 3.8) is 0 Å². The fourth-order valence-electron chi connectivity index (χ4n) is 3.56. The smallest absolute Gasteiger partial charge is 0.246 e. The molecule has 25 heavy (non-hydrogen) atoms. The van der Waals surface area contributed by atoms with E-state index in [1.807, 2.05) is 0 Å². The number of benzene rings is 1. The third-order valence-corrected chi connectivity index (χ3v) is 5.10. The van der Waals surface area contributed by atoms with Gasteiger partial charge in [-0.3, -0.25) is 9.69 Å². The largest absolute Gasteiger partial charge is 0.376 e. The third-order valence-electron chi connectivity index (χ3n) is 5.10. The summed E-state index contributed by atoms with van der Waals surface area (Å²) < 4.78 is 10.9. The number of nitrogens with one attached hydrogen (secondary N) is 1. The molecule has 5 heteroatoms. The summed E-state index contributed by atoms with van der Waals surface area (Å²) in [5, 5.41) is 3.02. The number of likely N-dealkylation sites (tertiary alicyclic amines) is 1. The molecule has 2 saturated heterocycles. The molecule has 0 spiro atoms. The lowest BCUT2D eigenvalue weighted by molar-refractivity contribution is -0.127. The summed E-state index contributed by atoms with van der Waals surface area (Å²) in [6, 6.07) is 10.6. The lowest BCUT2D eigenvalue weighted by atomic mass is 9.96. The molecule has 1 N–H and O–H groups in total. The number of ether oxygens (including phenoxy) is 2. The third kappa shape index (κ3) is 6.42. The number of rotatable bonds is 8. The monoisotopic (exact) mass is 346 g/mol. The SMILES string of the molecule is O=C(COC[C@H]1CCCO1)NCC1CCN(Cc2ccccc2)CC1. The summed E-state index contributed by atoms with van der Waals surface area (Å²) in [5.74, 6) is 0.568. The molecule has 0 aliphatic carbocycles. The lowest BCUT2D eigenvalue weighted by Crippen LogP contribution is -2.39. The number of nitrogens with zero attached hydrogens (tertiary/aromatic N) is 1. The Kier molecular flexibility index (Phi) is 7.27. The molecule has 2 aliphatic heterocycles. The number of carbonyl (C=O) groups is 1. The van der Waals surface area contributed by atoms with Crippen molar-refractivity contribution in [2.45, 2.75) is 38.3 Å². The first-order valence-corrected chi connectivity index (χ1v) is 9.52. The quantitative estimate of drug-likeness (QED) is 0.784. The Labute approximate surface area is 150 Å². The van der Waals surface area contributed by atoms with Crippen LogP contribution in [0, 0.1) is 5.92 Å². The molecule has 0 aromatic heterocycles. The fraction of sp³-hybridized carbons (Fsp3) is 0.650. The van der Waals surface area contributed by atoms with Crippen molar-refractivity contribution in [2.24, 2.45) is 5.92 Å². The van der Waals surface area contributed by atoms with E-state index in [0.717, 1.165) is 58.5 Å². The molecular weight excluding hydrogens is 316 g/mol. The minimum Gasteiger partial charge on any atom is -0.376 e. The van der Waals surface area contributed by atoms with Gasteiger partial charge in [-0.2, -0.15) is 0 Å². The van der Waals surface area contributed by atoms with E-state index >= 15 is 0 Å². The van der Waals surface area contributed by atoms with Crippen LogP contribution in [0.15, 0.2) is 30.3 Å². The molecule has 3 rings (SSSR count). The predicted octanol–water partition coefficient (Wildman–Crippen LogP) is 2.21. The Morgan fingerprint density at radius 3 is 2.72 bits per heavy atom. The molecule has 0 saturated carbocycles. The molecule has 0 unspecified atom stereocenters. The van der Waals surface area contributed by atoms with Gasteiger partial charge in [-0.1, -0.05) is 30.3 Å². The molecule has 2 heterocycles. The maximum absolute atomic E-state index is 11.9. The van der Waals surface area contributed by atoms with E-state index in [2.05, 4.69) is 40.5 Å². The van der Waals surface area contributed by atoms with Gasteiger partial charge in [-0.05, 0) is 50.3 Å². The van der Waals surface area contributed by atoms with Crippen LogP contribution in [0.3, 0.4) is 0 Å². The Morgan fingerprint density at radius 1 is 1.20 bits per heavy atom. The van der Waals surface area contributed by atoms with E-state index in [1.54, 1.807) is 0 Å². The maximum Gasteiger partial charge on any atom is 0.246 e. The van der Waals surface area contributed by atoms with Crippen LogP contribution in [0.4, 0.5) is 0 Å². The van der Waals surface area contributed by atoms with E-state index in [1.165, 1.54) is 5.56 Å². The normalized spacial score (nSPS) is 22.2. The highest BCUT2D eigenvalue weighted by Crippen LogP contribution is 2.18. The van der Waals surface area contributed by atoms with Gasteiger partial charge in [0.2, 0.25) is 5.91 Å². The summed E-state index contributed by atoms with van der Waals surface area (Å²) in [6.07, 6.45) is 4.61. The average molecular weight is 346 g/mol. The molecule has 1 aromatic rings. The van der Waals surface area contributed by atoms with Gasteiger partial charge in [-0.15, -0.1) is 0 Å². The standard InChI is InChI=1S/C20H30N2O3/c23-20(16-24-15-19-7-4-12-25-19)21-13-17-8-10-22(11-9-17)14-18-5-2-1-3-6-18/h1-3,5-6,17,19H,4,7-16H2,(H,21,23)/t19-/m1/s1. The molecule has 2 fully saturated rings. The first-order valence-electron chi connectivity index (χ1n) is 9.52. The first kappa shape index (κ1) is 18.4. The Bertz CT molecular complexity index is 509. The summed E-state index contributed by atoms with van der Waals surface area (Å²) >= 11 is 0. The highest BCUT2D eigenvalue weighted by Gasteiger charge is 2.20. The van der Waals surface area contributed by atoms with Crippen LogP contribution in [0.25, 0.3) is 0 Å². The zero-order valence-corrected chi connectivity index (χ0v) is 15.0. The second-order valence-corrected chi connectivity index (χ2v) is 7.16. The van der Waals surface area contributed by atoms with Crippen LogP contribution < -0.4 is 5.32 Å². The van der Waals surface area contributed by atoms with Gasteiger partial charge in [-0.25, -0.2) is 0 Å². The van der Waals surface area contributed by atoms with Gasteiger partial charge < -0.3 is 14.8 Å². The Morgan fingerprint density at radius 2 is 2.00 bits per heavy atom. The van der Waals surface area contributed by atoms with Crippen molar-refractivity contribution in [1.82, 2.24) is 10.2 Å². The van der Waals surface area contributed by atoms with Crippen LogP contribution in [0.1, 0.15) is 31.2 Å². The Hall–Kier alpha value is -1.43. The van der Waals surface area contributed by atoms with E-state index in [9.17, 15) is 4.79 Å². The highest BCUT2D eigenvalue weighted by atomic mass is 16.5. The number of carbonyl (C=O) groups excluding carboxylic acids is 1. The lowest BCUT2D eigenvalue weighted by Gasteiger charge is -2.32. The number of hydrogen-bond acceptors (Lipinski definition) is 4. The van der Waals surface area contributed by atoms with Gasteiger partial charge in [0.15, 0.2) is 0 Å². The minimum atomic E-state index is -0.00953. The van der Waals surface area contributed by atoms with Gasteiger partial charge in [0.25, 0.3) is 0 Å². The van der Waals surface area contributed by atoms with Crippen LogP contribution in [-0.4, -0.2) is 56.4 Å². The van der Waals surface area contributed by atoms with Crippen LogP contribution >= 0.6 is 0 Å². The van der Waals surface area contributed by atoms with Crippen molar-refractivity contribution in [3.8, 4) is 0 Å². The molecule has 0 bridgehead atoms. The van der Waals surface area contributed by atoms with Gasteiger partial charge >= 0.3 is 0 Å². The maximum atomic E-state index is 11.9. The molecular formula is C20H30N2O3. The second-order valence-electron chi connectivity index (χ2n) is 7.16. The van der Waals surface area contributed by atoms with E-state index in [0.29, 0.717) is 12.5 Å². The molecule has 1 amide bonds. The van der Waals surface area contributed by atoms with Gasteiger partial charge in [0.05, 0.1) is 12.7 Å². The zero-order chi connectivity index (χ0) is 17.3. The molecule has 1 aromatic carbocycles. The second kappa shape index (κ2) is 9.90. The number of amides is 1. The van der Waals surface area contributed by atoms with E-state index in [-0.39, 0.29) is 18.6 Å². The number of hydrogen-bond donors (Lipinski definition) is 1. The van der Waals surface area contributed by atoms with Crippen LogP contribution in [-0.2, 0) is 20.8 Å². The summed E-state index contributed by atoms with van der Waals surface area (Å²) in [4.78, 5) is 14.4. The van der Waals surface area contributed by atoms with Gasteiger partial charge in [0.1, 0.15) is 6.61 Å². The summed E-state index contributed by atoms with van der Waals surface area (Å²) in [7, 11) is 0. The summed E-state index contributed by atoms with van der Waals surface area (Å²) in [6.45, 7) is 5.50. The fourth-order valence-corrected chi connectivity index (χ4v) is 3.56. The predicted molar refractivity (Wildman–Crippen MR) is 97.2 cm³/mol. The molecule has 5 nitrogen and oxygen atoms in total.